The summed E-state index contributed by atoms with van der Waals surface area (Å²) in [5.74, 6) is -0.134. The second-order valence-electron chi connectivity index (χ2n) is 5.53. The fourth-order valence-electron chi connectivity index (χ4n) is 2.23. The van der Waals surface area contributed by atoms with Crippen molar-refractivity contribution in [2.75, 3.05) is 6.26 Å². The van der Waals surface area contributed by atoms with E-state index in [1.54, 1.807) is 12.1 Å². The molecule has 0 bridgehead atoms. The van der Waals surface area contributed by atoms with Crippen molar-refractivity contribution in [2.45, 2.75) is 23.1 Å². The highest BCUT2D eigenvalue weighted by atomic mass is 32.2. The van der Waals surface area contributed by atoms with Gasteiger partial charge in [0.15, 0.2) is 0 Å². The Balaban J connectivity index is 1.88. The third kappa shape index (κ3) is 3.70. The van der Waals surface area contributed by atoms with Crippen LogP contribution in [0.3, 0.4) is 0 Å². The van der Waals surface area contributed by atoms with Crippen molar-refractivity contribution in [2.24, 2.45) is 0 Å². The SMILES string of the molecule is C[C@H](NS(=O)(=O)c1ccc2ccccc2c1)c1nnc(S(C)(=O)=O)o1. The molecule has 3 aromatic rings. The molecular weight excluding hydrogens is 366 g/mol. The van der Waals surface area contributed by atoms with E-state index >= 15 is 0 Å². The molecule has 25 heavy (non-hydrogen) atoms. The van der Waals surface area contributed by atoms with Gasteiger partial charge in [0, 0.05) is 6.26 Å². The van der Waals surface area contributed by atoms with Crippen LogP contribution in [-0.2, 0) is 19.9 Å². The molecule has 0 fully saturated rings. The molecule has 0 unspecified atom stereocenters. The Morgan fingerprint density at radius 3 is 2.32 bits per heavy atom. The van der Waals surface area contributed by atoms with Gasteiger partial charge in [-0.2, -0.15) is 4.72 Å². The second-order valence-corrected chi connectivity index (χ2v) is 9.14. The molecule has 0 aliphatic rings. The van der Waals surface area contributed by atoms with Crippen LogP contribution in [0.25, 0.3) is 10.8 Å². The average molecular weight is 381 g/mol. The lowest BCUT2D eigenvalue weighted by Crippen LogP contribution is -2.27. The maximum Gasteiger partial charge on any atom is 0.335 e. The minimum atomic E-state index is -3.85. The molecule has 1 atom stereocenters. The zero-order valence-electron chi connectivity index (χ0n) is 13.4. The number of hydrogen-bond donors (Lipinski definition) is 1. The second kappa shape index (κ2) is 6.21. The molecule has 0 saturated carbocycles. The monoisotopic (exact) mass is 381 g/mol. The number of sulfonamides is 1. The van der Waals surface area contributed by atoms with Crippen LogP contribution in [0.5, 0.6) is 0 Å². The highest BCUT2D eigenvalue weighted by Gasteiger charge is 2.24. The first kappa shape index (κ1) is 17.5. The molecule has 1 N–H and O–H groups in total. The number of nitrogens with one attached hydrogen (secondary N) is 1. The number of sulfone groups is 1. The van der Waals surface area contributed by atoms with Crippen LogP contribution in [0.15, 0.2) is 57.0 Å². The Bertz CT molecular complexity index is 1140. The Morgan fingerprint density at radius 2 is 1.68 bits per heavy atom. The standard InChI is InChI=1S/C15H15N3O5S2/c1-10(14-16-17-15(23-14)24(2,19)20)18-25(21,22)13-8-7-11-5-3-4-6-12(11)9-13/h3-10,18H,1-2H3/t10-/m0/s1. The molecule has 1 heterocycles. The van der Waals surface area contributed by atoms with Crippen molar-refractivity contribution < 1.29 is 21.3 Å². The molecule has 8 nitrogen and oxygen atoms in total. The molecule has 0 amide bonds. The number of fused-ring (bicyclic) bond motifs is 1. The largest absolute Gasteiger partial charge is 0.411 e. The van der Waals surface area contributed by atoms with Gasteiger partial charge in [0.25, 0.3) is 0 Å². The summed E-state index contributed by atoms with van der Waals surface area (Å²) in [4.78, 5) is 0.0842. The van der Waals surface area contributed by atoms with Crippen LogP contribution in [0.1, 0.15) is 18.9 Å². The molecule has 0 radical (unpaired) electrons. The van der Waals surface area contributed by atoms with E-state index in [9.17, 15) is 16.8 Å². The van der Waals surface area contributed by atoms with Crippen molar-refractivity contribution in [1.82, 2.24) is 14.9 Å². The zero-order valence-corrected chi connectivity index (χ0v) is 15.0. The summed E-state index contributed by atoms with van der Waals surface area (Å²) in [5, 5.41) is 8.15. The first-order valence-corrected chi connectivity index (χ1v) is 10.6. The maximum atomic E-state index is 12.5. The molecule has 0 spiro atoms. The van der Waals surface area contributed by atoms with Gasteiger partial charge in [0.05, 0.1) is 10.9 Å². The van der Waals surface area contributed by atoms with E-state index in [0.717, 1.165) is 17.0 Å². The Kier molecular flexibility index (Phi) is 4.35. The summed E-state index contributed by atoms with van der Waals surface area (Å²) >= 11 is 0. The van der Waals surface area contributed by atoms with Gasteiger partial charge in [-0.3, -0.25) is 0 Å². The molecular formula is C15H15N3O5S2. The van der Waals surface area contributed by atoms with Gasteiger partial charge >= 0.3 is 5.22 Å². The molecule has 0 aliphatic heterocycles. The highest BCUT2D eigenvalue weighted by Crippen LogP contribution is 2.21. The molecule has 3 rings (SSSR count). The van der Waals surface area contributed by atoms with Crippen molar-refractivity contribution in [3.05, 3.63) is 48.4 Å². The predicted molar refractivity (Wildman–Crippen MR) is 90.1 cm³/mol. The summed E-state index contributed by atoms with van der Waals surface area (Å²) in [6, 6.07) is 11.3. The number of rotatable bonds is 5. The summed E-state index contributed by atoms with van der Waals surface area (Å²) in [7, 11) is -7.51. The highest BCUT2D eigenvalue weighted by molar-refractivity contribution is 7.90. The van der Waals surface area contributed by atoms with Crippen LogP contribution in [0.4, 0.5) is 0 Å². The molecule has 0 saturated heterocycles. The number of benzene rings is 2. The summed E-state index contributed by atoms with van der Waals surface area (Å²) in [6.45, 7) is 1.48. The van der Waals surface area contributed by atoms with Crippen LogP contribution < -0.4 is 4.72 Å². The van der Waals surface area contributed by atoms with Gasteiger partial charge in [0.2, 0.25) is 25.8 Å². The van der Waals surface area contributed by atoms with Gasteiger partial charge in [-0.15, -0.1) is 5.10 Å². The molecule has 10 heteroatoms. The van der Waals surface area contributed by atoms with E-state index in [1.165, 1.54) is 13.0 Å². The van der Waals surface area contributed by atoms with Crippen molar-refractivity contribution in [1.29, 1.82) is 0 Å². The Labute approximate surface area is 144 Å². The van der Waals surface area contributed by atoms with Gasteiger partial charge < -0.3 is 4.42 Å². The minimum absolute atomic E-state index is 0.0842. The van der Waals surface area contributed by atoms with E-state index in [2.05, 4.69) is 14.9 Å². The Morgan fingerprint density at radius 1 is 1.00 bits per heavy atom. The maximum absolute atomic E-state index is 12.5. The number of nitrogens with zero attached hydrogens (tertiary/aromatic N) is 2. The lowest BCUT2D eigenvalue weighted by Gasteiger charge is -2.11. The van der Waals surface area contributed by atoms with Crippen molar-refractivity contribution in [3.8, 4) is 0 Å². The van der Waals surface area contributed by atoms with E-state index in [1.807, 2.05) is 24.3 Å². The van der Waals surface area contributed by atoms with E-state index in [-0.39, 0.29) is 10.8 Å². The van der Waals surface area contributed by atoms with Crippen molar-refractivity contribution in [3.63, 3.8) is 0 Å². The average Bonchev–Trinajstić information content (AvgIpc) is 3.04. The summed E-state index contributed by atoms with van der Waals surface area (Å²) in [6.07, 6.45) is 0.925. The topological polar surface area (TPSA) is 119 Å². The van der Waals surface area contributed by atoms with E-state index in [4.69, 9.17) is 4.42 Å². The number of aromatic nitrogens is 2. The zero-order chi connectivity index (χ0) is 18.2. The van der Waals surface area contributed by atoms with E-state index < -0.39 is 31.1 Å². The van der Waals surface area contributed by atoms with Gasteiger partial charge in [-0.05, 0) is 29.8 Å². The van der Waals surface area contributed by atoms with Crippen LogP contribution in [0, 0.1) is 0 Å². The van der Waals surface area contributed by atoms with Crippen molar-refractivity contribution >= 4 is 30.6 Å². The van der Waals surface area contributed by atoms with Gasteiger partial charge in [-0.25, -0.2) is 16.8 Å². The first-order chi connectivity index (χ1) is 11.7. The lowest BCUT2D eigenvalue weighted by molar-refractivity contribution is 0.373. The molecule has 132 valence electrons. The van der Waals surface area contributed by atoms with Crippen LogP contribution >= 0.6 is 0 Å². The van der Waals surface area contributed by atoms with E-state index in [0.29, 0.717) is 0 Å². The minimum Gasteiger partial charge on any atom is -0.411 e. The third-order valence-electron chi connectivity index (χ3n) is 3.47. The normalized spacial score (nSPS) is 13.8. The summed E-state index contributed by atoms with van der Waals surface area (Å²) < 4.78 is 55.2. The predicted octanol–water partition coefficient (Wildman–Crippen LogP) is 1.67. The first-order valence-electron chi connectivity index (χ1n) is 7.21. The summed E-state index contributed by atoms with van der Waals surface area (Å²) in [5.41, 5.74) is 0. The third-order valence-corrected chi connectivity index (χ3v) is 5.81. The van der Waals surface area contributed by atoms with Gasteiger partial charge in [-0.1, -0.05) is 35.4 Å². The van der Waals surface area contributed by atoms with Gasteiger partial charge in [0.1, 0.15) is 0 Å². The lowest BCUT2D eigenvalue weighted by atomic mass is 10.1. The fraction of sp³-hybridized carbons (Fsp3) is 0.200. The molecule has 1 aromatic heterocycles. The van der Waals surface area contributed by atoms with Crippen LogP contribution in [-0.4, -0.2) is 33.3 Å². The van der Waals surface area contributed by atoms with Crippen LogP contribution in [0.2, 0.25) is 0 Å². The smallest absolute Gasteiger partial charge is 0.335 e. The fourth-order valence-corrected chi connectivity index (χ4v) is 3.89. The quantitative estimate of drug-likeness (QED) is 0.714. The molecule has 2 aromatic carbocycles. The molecule has 0 aliphatic carbocycles. The Hall–Kier alpha value is -2.30. The number of hydrogen-bond acceptors (Lipinski definition) is 7.